The van der Waals surface area contributed by atoms with Gasteiger partial charge in [0.25, 0.3) is 10.1 Å². The number of ether oxygens (including phenoxy) is 2. The first-order valence-corrected chi connectivity index (χ1v) is 12.7. The van der Waals surface area contributed by atoms with Gasteiger partial charge >= 0.3 is 5.97 Å². The highest BCUT2D eigenvalue weighted by Gasteiger charge is 2.54. The summed E-state index contributed by atoms with van der Waals surface area (Å²) in [4.78, 5) is 25.7. The van der Waals surface area contributed by atoms with E-state index in [0.29, 0.717) is 11.3 Å². The maximum atomic E-state index is 12.4. The number of aryl methyl sites for hydroxylation is 1. The minimum absolute atomic E-state index is 0.0666. The highest BCUT2D eigenvalue weighted by Crippen LogP contribution is 2.39. The predicted molar refractivity (Wildman–Crippen MR) is 128 cm³/mol. The number of thioether (sulfide) groups is 1. The summed E-state index contributed by atoms with van der Waals surface area (Å²) in [6.07, 6.45) is 0. The fourth-order valence-electron chi connectivity index (χ4n) is 3.38. The number of nitrogens with zero attached hydrogens (tertiary/aromatic N) is 1. The van der Waals surface area contributed by atoms with Crippen molar-refractivity contribution in [2.24, 2.45) is 5.73 Å². The molecule has 0 radical (unpaired) electrons. The van der Waals surface area contributed by atoms with Crippen LogP contribution in [0.3, 0.4) is 0 Å². The minimum atomic E-state index is -4.02. The molecule has 2 heterocycles. The highest BCUT2D eigenvalue weighted by molar-refractivity contribution is 8.00. The summed E-state index contributed by atoms with van der Waals surface area (Å²) < 4.78 is 40.0. The topological polar surface area (TPSA) is 136 Å². The first kappa shape index (κ1) is 25.8. The van der Waals surface area contributed by atoms with E-state index in [1.165, 1.54) is 28.8 Å². The van der Waals surface area contributed by atoms with Crippen molar-refractivity contribution in [3.8, 4) is 5.75 Å². The molecule has 3 atom stereocenters. The van der Waals surface area contributed by atoms with Crippen LogP contribution in [0.25, 0.3) is 0 Å². The molecule has 3 N–H and O–H groups in total. The van der Waals surface area contributed by atoms with E-state index in [4.69, 9.17) is 19.8 Å². The van der Waals surface area contributed by atoms with Gasteiger partial charge in [-0.3, -0.25) is 9.35 Å². The number of benzene rings is 2. The summed E-state index contributed by atoms with van der Waals surface area (Å²) in [5.41, 5.74) is 8.24. The largest absolute Gasteiger partial charge is 0.497 e. The average molecular weight is 507 g/mol. The Morgan fingerprint density at radius 3 is 2.38 bits per heavy atom. The van der Waals surface area contributed by atoms with Crippen LogP contribution in [0.5, 0.6) is 5.75 Å². The molecular weight excluding hydrogens is 480 g/mol. The van der Waals surface area contributed by atoms with E-state index in [1.54, 1.807) is 31.4 Å². The Bertz CT molecular complexity index is 1160. The van der Waals surface area contributed by atoms with Crippen LogP contribution < -0.4 is 10.5 Å². The maximum absolute atomic E-state index is 12.4. The third-order valence-electron chi connectivity index (χ3n) is 5.31. The SMILES string of the molecule is C=C1CS[C@@H]2[C@H](N)C(=O)N2C1C(=O)OCc1ccc(OC)cc1.Cc1ccc(S(=O)(=O)O)cc1. The molecule has 2 aliphatic heterocycles. The number of esters is 1. The van der Waals surface area contributed by atoms with Crippen LogP contribution in [-0.4, -0.2) is 60.1 Å². The lowest BCUT2D eigenvalue weighted by Crippen LogP contribution is -2.73. The molecule has 0 aromatic heterocycles. The molecule has 0 aliphatic carbocycles. The molecule has 2 aromatic rings. The van der Waals surface area contributed by atoms with Crippen molar-refractivity contribution in [1.29, 1.82) is 0 Å². The number of carbonyl (C=O) groups excluding carboxylic acids is 2. The zero-order valence-corrected chi connectivity index (χ0v) is 20.3. The lowest BCUT2D eigenvalue weighted by Gasteiger charge is -2.51. The van der Waals surface area contributed by atoms with Crippen LogP contribution in [-0.2, 0) is 31.1 Å². The van der Waals surface area contributed by atoms with Crippen LogP contribution in [0.4, 0.5) is 0 Å². The monoisotopic (exact) mass is 506 g/mol. The van der Waals surface area contributed by atoms with Crippen molar-refractivity contribution >= 4 is 33.8 Å². The van der Waals surface area contributed by atoms with E-state index < -0.39 is 28.2 Å². The number of carbonyl (C=O) groups is 2. The fourth-order valence-corrected chi connectivity index (χ4v) is 5.11. The van der Waals surface area contributed by atoms with Gasteiger partial charge < -0.3 is 20.1 Å². The number of β-lactam (4-membered cyclic amide) rings is 1. The number of amides is 1. The molecule has 2 aliphatic rings. The summed E-state index contributed by atoms with van der Waals surface area (Å²) >= 11 is 1.53. The quantitative estimate of drug-likeness (QED) is 0.270. The van der Waals surface area contributed by atoms with E-state index in [1.807, 2.05) is 19.1 Å². The van der Waals surface area contributed by atoms with Crippen molar-refractivity contribution in [1.82, 2.24) is 4.90 Å². The summed E-state index contributed by atoms with van der Waals surface area (Å²) in [6, 6.07) is 12.0. The number of nitrogens with two attached hydrogens (primary N) is 1. The number of hydrogen-bond acceptors (Lipinski definition) is 8. The van der Waals surface area contributed by atoms with Gasteiger partial charge in [-0.05, 0) is 42.3 Å². The predicted octanol–water partition coefficient (Wildman–Crippen LogP) is 2.15. The van der Waals surface area contributed by atoms with Crippen molar-refractivity contribution in [2.75, 3.05) is 12.9 Å². The van der Waals surface area contributed by atoms with Gasteiger partial charge in [0, 0.05) is 5.75 Å². The molecule has 4 rings (SSSR count). The Morgan fingerprint density at radius 2 is 1.82 bits per heavy atom. The first-order chi connectivity index (χ1) is 16.0. The standard InChI is InChI=1S/C16H18N2O4S.C7H8O3S/c1-9-8-23-15-12(17)14(19)18(15)13(9)16(20)22-7-10-3-5-11(21-2)6-4-10;1-6-2-4-7(5-3-6)11(8,9)10/h3-6,12-13,15H,1,7-8,17H2,2H3;2-5H,1H3,(H,8,9,10)/t12-,13?,15-;/m1./s1. The fraction of sp³-hybridized carbons (Fsp3) is 0.304. The molecule has 0 spiro atoms. The lowest BCUT2D eigenvalue weighted by molar-refractivity contribution is -0.162. The first-order valence-electron chi connectivity index (χ1n) is 10.2. The normalized spacial score (nSPS) is 21.5. The third-order valence-corrected chi connectivity index (χ3v) is 7.57. The molecule has 1 amide bonds. The number of methoxy groups -OCH3 is 1. The zero-order chi connectivity index (χ0) is 25.0. The van der Waals surface area contributed by atoms with E-state index in [9.17, 15) is 18.0 Å². The van der Waals surface area contributed by atoms with Gasteiger partial charge in [0.1, 0.15) is 23.8 Å². The molecule has 182 valence electrons. The lowest BCUT2D eigenvalue weighted by atomic mass is 9.99. The van der Waals surface area contributed by atoms with E-state index in [2.05, 4.69) is 6.58 Å². The smallest absolute Gasteiger partial charge is 0.333 e. The van der Waals surface area contributed by atoms with Crippen molar-refractivity contribution in [3.05, 3.63) is 71.8 Å². The van der Waals surface area contributed by atoms with Crippen LogP contribution in [0.15, 0.2) is 65.6 Å². The molecule has 11 heteroatoms. The molecule has 0 saturated carbocycles. The Labute approximate surface area is 202 Å². The highest BCUT2D eigenvalue weighted by atomic mass is 32.2. The molecular formula is C23H26N2O7S2. The van der Waals surface area contributed by atoms with Gasteiger partial charge in [0.05, 0.1) is 12.0 Å². The van der Waals surface area contributed by atoms with Crippen LogP contribution in [0.1, 0.15) is 11.1 Å². The number of fused-ring (bicyclic) bond motifs is 1. The van der Waals surface area contributed by atoms with Gasteiger partial charge in [-0.2, -0.15) is 8.42 Å². The van der Waals surface area contributed by atoms with Gasteiger partial charge in [-0.25, -0.2) is 4.79 Å². The van der Waals surface area contributed by atoms with Gasteiger partial charge in [-0.1, -0.05) is 36.4 Å². The summed E-state index contributed by atoms with van der Waals surface area (Å²) in [6.45, 7) is 5.88. The Hall–Kier alpha value is -2.86. The zero-order valence-electron chi connectivity index (χ0n) is 18.7. The minimum Gasteiger partial charge on any atom is -0.497 e. The maximum Gasteiger partial charge on any atom is 0.333 e. The van der Waals surface area contributed by atoms with Crippen LogP contribution in [0, 0.1) is 6.92 Å². The van der Waals surface area contributed by atoms with E-state index >= 15 is 0 Å². The van der Waals surface area contributed by atoms with Crippen molar-refractivity contribution in [2.45, 2.75) is 35.9 Å². The van der Waals surface area contributed by atoms with Crippen LogP contribution >= 0.6 is 11.8 Å². The van der Waals surface area contributed by atoms with Gasteiger partial charge in [0.2, 0.25) is 5.91 Å². The third kappa shape index (κ3) is 5.79. The van der Waals surface area contributed by atoms with E-state index in [0.717, 1.165) is 16.9 Å². The molecule has 2 saturated heterocycles. The Kier molecular flexibility index (Phi) is 8.03. The molecule has 0 bridgehead atoms. The van der Waals surface area contributed by atoms with Crippen molar-refractivity contribution in [3.63, 3.8) is 0 Å². The molecule has 2 aromatic carbocycles. The number of hydrogen-bond donors (Lipinski definition) is 2. The molecule has 9 nitrogen and oxygen atoms in total. The summed E-state index contributed by atoms with van der Waals surface area (Å²) in [5, 5.41) is -0.161. The molecule has 1 unspecified atom stereocenters. The number of rotatable bonds is 5. The molecule has 2 fully saturated rings. The van der Waals surface area contributed by atoms with Crippen molar-refractivity contribution < 1.29 is 32.0 Å². The average Bonchev–Trinajstić information content (AvgIpc) is 2.82. The second-order valence-corrected chi connectivity index (χ2v) is 10.3. The summed E-state index contributed by atoms with van der Waals surface area (Å²) in [7, 11) is -2.43. The Balaban J connectivity index is 0.000000248. The Morgan fingerprint density at radius 1 is 1.21 bits per heavy atom. The van der Waals surface area contributed by atoms with E-state index in [-0.39, 0.29) is 22.8 Å². The second-order valence-electron chi connectivity index (χ2n) is 7.78. The second kappa shape index (κ2) is 10.6. The van der Waals surface area contributed by atoms with Gasteiger partial charge in [0.15, 0.2) is 6.04 Å². The van der Waals surface area contributed by atoms with Crippen LogP contribution in [0.2, 0.25) is 0 Å². The molecule has 34 heavy (non-hydrogen) atoms. The summed E-state index contributed by atoms with van der Waals surface area (Å²) in [5.74, 6) is 0.650. The van der Waals surface area contributed by atoms with Gasteiger partial charge in [-0.15, -0.1) is 11.8 Å².